The fourth-order valence-electron chi connectivity index (χ4n) is 1.61. The molecule has 0 amide bonds. The maximum Gasteiger partial charge on any atom is 0.338 e. The van der Waals surface area contributed by atoms with Crippen LogP contribution in [0.15, 0.2) is 23.1 Å². The van der Waals surface area contributed by atoms with Crippen molar-refractivity contribution in [1.82, 2.24) is 4.72 Å². The van der Waals surface area contributed by atoms with Gasteiger partial charge in [-0.15, -0.1) is 0 Å². The van der Waals surface area contributed by atoms with E-state index in [2.05, 4.69) is 4.72 Å². The van der Waals surface area contributed by atoms with Crippen molar-refractivity contribution >= 4 is 16.0 Å². The molecule has 0 radical (unpaired) electrons. The molecule has 2 N–H and O–H groups in total. The van der Waals surface area contributed by atoms with Gasteiger partial charge in [-0.25, -0.2) is 22.3 Å². The van der Waals surface area contributed by atoms with Gasteiger partial charge in [0.15, 0.2) is 0 Å². The summed E-state index contributed by atoms with van der Waals surface area (Å²) in [5.74, 6) is -2.47. The monoisotopic (exact) mass is 303 g/mol. The molecule has 0 bridgehead atoms. The van der Waals surface area contributed by atoms with Crippen LogP contribution in [0, 0.1) is 5.82 Å². The third-order valence-corrected chi connectivity index (χ3v) is 5.06. The van der Waals surface area contributed by atoms with Crippen molar-refractivity contribution in [3.63, 3.8) is 0 Å². The largest absolute Gasteiger partial charge is 0.478 e. The molecule has 7 heteroatoms. The summed E-state index contributed by atoms with van der Waals surface area (Å²) in [5, 5.41) is 8.83. The Morgan fingerprint density at radius 3 is 2.35 bits per heavy atom. The lowest BCUT2D eigenvalue weighted by Gasteiger charge is -2.27. The Labute approximate surface area is 117 Å². The van der Waals surface area contributed by atoms with Crippen LogP contribution in [0.3, 0.4) is 0 Å². The molecule has 0 unspecified atom stereocenters. The van der Waals surface area contributed by atoms with Gasteiger partial charge in [-0.05, 0) is 38.0 Å². The zero-order valence-electron chi connectivity index (χ0n) is 11.6. The molecule has 1 rings (SSSR count). The van der Waals surface area contributed by atoms with Gasteiger partial charge in [-0.3, -0.25) is 0 Å². The first-order valence-electron chi connectivity index (χ1n) is 6.22. The standard InChI is InChI=1S/C13H18FNO4S/c1-4-13(3,5-2)15-20(18,19)9-6-7-11(14)10(8-9)12(16)17/h6-8,15H,4-5H2,1-3H3,(H,16,17). The van der Waals surface area contributed by atoms with Gasteiger partial charge in [-0.2, -0.15) is 0 Å². The molecule has 1 aromatic carbocycles. The van der Waals surface area contributed by atoms with E-state index in [9.17, 15) is 17.6 Å². The number of carboxylic acid groups (broad SMARTS) is 1. The van der Waals surface area contributed by atoms with Gasteiger partial charge in [-0.1, -0.05) is 13.8 Å². The minimum atomic E-state index is -3.89. The number of aromatic carboxylic acids is 1. The summed E-state index contributed by atoms with van der Waals surface area (Å²) in [7, 11) is -3.89. The van der Waals surface area contributed by atoms with Crippen molar-refractivity contribution in [3.8, 4) is 0 Å². The third kappa shape index (κ3) is 3.55. The van der Waals surface area contributed by atoms with Crippen LogP contribution in [0.1, 0.15) is 44.0 Å². The number of nitrogens with one attached hydrogen (secondary N) is 1. The number of halogens is 1. The Bertz CT molecular complexity index is 609. The van der Waals surface area contributed by atoms with Crippen molar-refractivity contribution in [2.24, 2.45) is 0 Å². The fourth-order valence-corrected chi connectivity index (χ4v) is 3.19. The molecule has 112 valence electrons. The van der Waals surface area contributed by atoms with E-state index in [-0.39, 0.29) is 4.90 Å². The van der Waals surface area contributed by atoms with Crippen LogP contribution >= 0.6 is 0 Å². The highest BCUT2D eigenvalue weighted by atomic mass is 32.2. The molecule has 0 spiro atoms. The maximum atomic E-state index is 13.3. The number of carboxylic acids is 1. The molecule has 0 aliphatic carbocycles. The third-order valence-electron chi connectivity index (χ3n) is 3.42. The average Bonchev–Trinajstić information content (AvgIpc) is 2.38. The van der Waals surface area contributed by atoms with Crippen molar-refractivity contribution in [1.29, 1.82) is 0 Å². The summed E-state index contributed by atoms with van der Waals surface area (Å²) in [4.78, 5) is 10.6. The first-order chi connectivity index (χ1) is 9.15. The Balaban J connectivity index is 3.23. The molecule has 0 aliphatic rings. The first-order valence-corrected chi connectivity index (χ1v) is 7.70. The molecular formula is C13H18FNO4S. The van der Waals surface area contributed by atoms with Crippen LogP contribution in [0.25, 0.3) is 0 Å². The normalized spacial score (nSPS) is 12.4. The molecule has 5 nitrogen and oxygen atoms in total. The molecule has 0 aromatic heterocycles. The highest BCUT2D eigenvalue weighted by Gasteiger charge is 2.28. The van der Waals surface area contributed by atoms with Gasteiger partial charge in [0.05, 0.1) is 10.5 Å². The molecule has 0 saturated carbocycles. The van der Waals surface area contributed by atoms with Gasteiger partial charge >= 0.3 is 5.97 Å². The smallest absolute Gasteiger partial charge is 0.338 e. The van der Waals surface area contributed by atoms with E-state index in [0.29, 0.717) is 12.8 Å². The summed E-state index contributed by atoms with van der Waals surface area (Å²) in [6, 6.07) is 2.72. The topological polar surface area (TPSA) is 83.5 Å². The molecule has 0 heterocycles. The number of rotatable bonds is 6. The summed E-state index contributed by atoms with van der Waals surface area (Å²) in [5.41, 5.74) is -1.29. The Morgan fingerprint density at radius 2 is 1.90 bits per heavy atom. The van der Waals surface area contributed by atoms with Gasteiger partial charge in [0, 0.05) is 5.54 Å². The minimum Gasteiger partial charge on any atom is -0.478 e. The zero-order valence-corrected chi connectivity index (χ0v) is 12.4. The second-order valence-electron chi connectivity index (χ2n) is 4.82. The van der Waals surface area contributed by atoms with Gasteiger partial charge in [0.25, 0.3) is 0 Å². The highest BCUT2D eigenvalue weighted by Crippen LogP contribution is 2.20. The summed E-state index contributed by atoms with van der Waals surface area (Å²) >= 11 is 0. The van der Waals surface area contributed by atoms with E-state index >= 15 is 0 Å². The molecule has 20 heavy (non-hydrogen) atoms. The lowest BCUT2D eigenvalue weighted by molar-refractivity contribution is 0.0691. The molecular weight excluding hydrogens is 285 g/mol. The molecule has 0 saturated heterocycles. The van der Waals surface area contributed by atoms with Crippen LogP contribution in [-0.2, 0) is 10.0 Å². The number of sulfonamides is 1. The summed E-state index contributed by atoms with van der Waals surface area (Å²) in [6.45, 7) is 5.45. The molecule has 0 aliphatic heterocycles. The predicted octanol–water partition coefficient (Wildman–Crippen LogP) is 2.38. The lowest BCUT2D eigenvalue weighted by Crippen LogP contribution is -2.44. The minimum absolute atomic E-state index is 0.260. The van der Waals surface area contributed by atoms with Crippen molar-refractivity contribution < 1.29 is 22.7 Å². The maximum absolute atomic E-state index is 13.3. The second kappa shape index (κ2) is 5.88. The zero-order chi connectivity index (χ0) is 15.6. The number of benzene rings is 1. The van der Waals surface area contributed by atoms with E-state index in [1.165, 1.54) is 0 Å². The first kappa shape index (κ1) is 16.6. The number of carbonyl (C=O) groups is 1. The number of hydrogen-bond acceptors (Lipinski definition) is 3. The second-order valence-corrected chi connectivity index (χ2v) is 6.50. The quantitative estimate of drug-likeness (QED) is 0.845. The van der Waals surface area contributed by atoms with Gasteiger partial charge < -0.3 is 5.11 Å². The lowest BCUT2D eigenvalue weighted by atomic mass is 9.98. The van der Waals surface area contributed by atoms with Gasteiger partial charge in [0.1, 0.15) is 5.82 Å². The van der Waals surface area contributed by atoms with E-state index in [0.717, 1.165) is 18.2 Å². The molecule has 1 aromatic rings. The average molecular weight is 303 g/mol. The van der Waals surface area contributed by atoms with Crippen molar-refractivity contribution in [2.45, 2.75) is 44.0 Å². The van der Waals surface area contributed by atoms with Crippen LogP contribution in [0.5, 0.6) is 0 Å². The molecule has 0 fully saturated rings. The van der Waals surface area contributed by atoms with Crippen LogP contribution in [0.4, 0.5) is 4.39 Å². The highest BCUT2D eigenvalue weighted by molar-refractivity contribution is 7.89. The fraction of sp³-hybridized carbons (Fsp3) is 0.462. The van der Waals surface area contributed by atoms with Crippen molar-refractivity contribution in [2.75, 3.05) is 0 Å². The Hall–Kier alpha value is -1.47. The van der Waals surface area contributed by atoms with E-state index in [4.69, 9.17) is 5.11 Å². The van der Waals surface area contributed by atoms with Gasteiger partial charge in [0.2, 0.25) is 10.0 Å². The van der Waals surface area contributed by atoms with Crippen molar-refractivity contribution in [3.05, 3.63) is 29.6 Å². The number of hydrogen-bond donors (Lipinski definition) is 2. The Morgan fingerprint density at radius 1 is 1.35 bits per heavy atom. The van der Waals surface area contributed by atoms with E-state index in [1.54, 1.807) is 6.92 Å². The van der Waals surface area contributed by atoms with Crippen LogP contribution in [-0.4, -0.2) is 25.0 Å². The van der Waals surface area contributed by atoms with Crippen LogP contribution in [0.2, 0.25) is 0 Å². The SMILES string of the molecule is CCC(C)(CC)NS(=O)(=O)c1ccc(F)c(C(=O)O)c1. The molecule has 0 atom stereocenters. The summed E-state index contributed by atoms with van der Waals surface area (Å²) in [6.07, 6.45) is 1.16. The van der Waals surface area contributed by atoms with E-state index in [1.807, 2.05) is 13.8 Å². The predicted molar refractivity (Wildman–Crippen MR) is 72.7 cm³/mol. The summed E-state index contributed by atoms with van der Waals surface area (Å²) < 4.78 is 40.3. The Kier molecular flexibility index (Phi) is 4.88. The van der Waals surface area contributed by atoms with E-state index < -0.39 is 32.9 Å². The van der Waals surface area contributed by atoms with Crippen LogP contribution < -0.4 is 4.72 Å².